The number of nitrogens with zero attached hydrogens (tertiary/aromatic N) is 1. The van der Waals surface area contributed by atoms with Crippen LogP contribution in [0.25, 0.3) is 0 Å². The monoisotopic (exact) mass is 169 g/mol. The zero-order valence-corrected chi connectivity index (χ0v) is 8.00. The fourth-order valence-electron chi connectivity index (χ4n) is 1.00. The lowest BCUT2D eigenvalue weighted by atomic mass is 10.1. The van der Waals surface area contributed by atoms with E-state index >= 15 is 0 Å². The van der Waals surface area contributed by atoms with Crippen LogP contribution in [0.3, 0.4) is 0 Å². The van der Waals surface area contributed by atoms with Crippen molar-refractivity contribution in [3.8, 4) is 0 Å². The van der Waals surface area contributed by atoms with Crippen molar-refractivity contribution in [1.82, 2.24) is 4.74 Å². The largest absolute Gasteiger partial charge is 0.360 e. The molecule has 1 aromatic heterocycles. The average molecular weight is 169 g/mol. The second-order valence-electron chi connectivity index (χ2n) is 3.57. The van der Waals surface area contributed by atoms with Crippen LogP contribution in [0.15, 0.2) is 15.5 Å². The van der Waals surface area contributed by atoms with Gasteiger partial charge < -0.3 is 4.52 Å². The van der Waals surface area contributed by atoms with E-state index in [1.54, 1.807) is 10.9 Å². The Morgan fingerprint density at radius 3 is 2.17 bits per heavy atom. The van der Waals surface area contributed by atoms with Crippen molar-refractivity contribution < 1.29 is 4.52 Å². The molecule has 12 heavy (non-hydrogen) atoms. The van der Waals surface area contributed by atoms with Gasteiger partial charge in [-0.3, -0.25) is 0 Å². The van der Waals surface area contributed by atoms with E-state index in [0.717, 1.165) is 5.56 Å². The molecule has 1 heterocycles. The summed E-state index contributed by atoms with van der Waals surface area (Å²) in [5.74, 6) is 0.237. The van der Waals surface area contributed by atoms with Crippen LogP contribution >= 0.6 is 0 Å². The molecule has 0 atom stereocenters. The second-order valence-corrected chi connectivity index (χ2v) is 3.57. The van der Waals surface area contributed by atoms with Crippen molar-refractivity contribution in [2.24, 2.45) is 0 Å². The van der Waals surface area contributed by atoms with Gasteiger partial charge in [0.15, 0.2) is 0 Å². The van der Waals surface area contributed by atoms with Gasteiger partial charge in [-0.15, -0.1) is 0 Å². The van der Waals surface area contributed by atoms with Crippen molar-refractivity contribution in [3.63, 3.8) is 0 Å². The van der Waals surface area contributed by atoms with E-state index in [1.165, 1.54) is 0 Å². The van der Waals surface area contributed by atoms with Crippen molar-refractivity contribution >= 4 is 0 Å². The van der Waals surface area contributed by atoms with E-state index in [2.05, 4.69) is 0 Å². The first kappa shape index (κ1) is 9.10. The van der Waals surface area contributed by atoms with Gasteiger partial charge in [0.25, 0.3) is 0 Å². The predicted molar refractivity (Wildman–Crippen MR) is 47.4 cm³/mol. The molecule has 0 bridgehead atoms. The smallest absolute Gasteiger partial charge is 0.336 e. The standard InChI is InChI=1S/C9H15NO2/c1-6(2)8-5-10(7(3)4)12-9(8)11/h5-7H,1-4H3. The number of hydrogen-bond donors (Lipinski definition) is 0. The van der Waals surface area contributed by atoms with Crippen LogP contribution in [0.5, 0.6) is 0 Å². The maximum atomic E-state index is 11.2. The third-order valence-corrected chi connectivity index (χ3v) is 1.82. The van der Waals surface area contributed by atoms with Crippen LogP contribution in [0.2, 0.25) is 0 Å². The van der Waals surface area contributed by atoms with Gasteiger partial charge in [0.2, 0.25) is 0 Å². The van der Waals surface area contributed by atoms with Gasteiger partial charge in [-0.25, -0.2) is 9.53 Å². The highest BCUT2D eigenvalue weighted by Crippen LogP contribution is 2.12. The molecule has 3 nitrogen and oxygen atoms in total. The van der Waals surface area contributed by atoms with E-state index in [-0.39, 0.29) is 17.6 Å². The first-order chi connectivity index (χ1) is 5.52. The molecule has 0 unspecified atom stereocenters. The lowest BCUT2D eigenvalue weighted by Gasteiger charge is -2.01. The summed E-state index contributed by atoms with van der Waals surface area (Å²) in [5, 5.41) is 0. The maximum absolute atomic E-state index is 11.2. The molecule has 0 amide bonds. The minimum absolute atomic E-state index is 0.210. The molecule has 0 aromatic carbocycles. The highest BCUT2D eigenvalue weighted by Gasteiger charge is 2.11. The van der Waals surface area contributed by atoms with Crippen LogP contribution in [-0.2, 0) is 0 Å². The minimum Gasteiger partial charge on any atom is -0.336 e. The topological polar surface area (TPSA) is 35.1 Å². The summed E-state index contributed by atoms with van der Waals surface area (Å²) in [5.41, 5.74) is 0.544. The number of aromatic nitrogens is 1. The van der Waals surface area contributed by atoms with Crippen LogP contribution in [-0.4, -0.2) is 4.74 Å². The molecule has 0 fully saturated rings. The van der Waals surface area contributed by atoms with Gasteiger partial charge in [-0.05, 0) is 19.8 Å². The van der Waals surface area contributed by atoms with Gasteiger partial charge in [-0.2, -0.15) is 0 Å². The van der Waals surface area contributed by atoms with Gasteiger partial charge in [0.05, 0.1) is 11.6 Å². The molecule has 3 heteroatoms. The van der Waals surface area contributed by atoms with Gasteiger partial charge >= 0.3 is 5.63 Å². The van der Waals surface area contributed by atoms with Crippen LogP contribution in [0, 0.1) is 0 Å². The Bertz CT molecular complexity index is 307. The normalized spacial score (nSPS) is 11.5. The van der Waals surface area contributed by atoms with Crippen molar-refractivity contribution in [2.45, 2.75) is 39.7 Å². The molecular formula is C9H15NO2. The van der Waals surface area contributed by atoms with E-state index < -0.39 is 0 Å². The summed E-state index contributed by atoms with van der Waals surface area (Å²) in [6.45, 7) is 7.92. The minimum atomic E-state index is -0.210. The Morgan fingerprint density at radius 1 is 1.33 bits per heavy atom. The van der Waals surface area contributed by atoms with E-state index in [1.807, 2.05) is 27.7 Å². The fraction of sp³-hybridized carbons (Fsp3) is 0.667. The zero-order chi connectivity index (χ0) is 9.30. The third-order valence-electron chi connectivity index (χ3n) is 1.82. The Hall–Kier alpha value is -0.990. The highest BCUT2D eigenvalue weighted by atomic mass is 16.5. The zero-order valence-electron chi connectivity index (χ0n) is 8.00. The number of rotatable bonds is 2. The van der Waals surface area contributed by atoms with Crippen LogP contribution < -0.4 is 5.63 Å². The molecule has 0 saturated heterocycles. The van der Waals surface area contributed by atoms with Crippen LogP contribution in [0.4, 0.5) is 0 Å². The molecular weight excluding hydrogens is 154 g/mol. The van der Waals surface area contributed by atoms with Crippen molar-refractivity contribution in [3.05, 3.63) is 22.2 Å². The van der Waals surface area contributed by atoms with Gasteiger partial charge in [-0.1, -0.05) is 13.8 Å². The predicted octanol–water partition coefficient (Wildman–Crippen LogP) is 2.15. The fourth-order valence-corrected chi connectivity index (χ4v) is 1.00. The highest BCUT2D eigenvalue weighted by molar-refractivity contribution is 5.07. The molecule has 0 saturated carbocycles. The van der Waals surface area contributed by atoms with Crippen molar-refractivity contribution in [2.75, 3.05) is 0 Å². The Balaban J connectivity index is 3.09. The quantitative estimate of drug-likeness (QED) is 0.680. The van der Waals surface area contributed by atoms with Crippen LogP contribution in [0.1, 0.15) is 45.2 Å². The summed E-state index contributed by atoms with van der Waals surface area (Å²) < 4.78 is 6.59. The first-order valence-electron chi connectivity index (χ1n) is 4.24. The first-order valence-corrected chi connectivity index (χ1v) is 4.24. The van der Waals surface area contributed by atoms with E-state index in [0.29, 0.717) is 0 Å². The molecule has 68 valence electrons. The van der Waals surface area contributed by atoms with Crippen molar-refractivity contribution in [1.29, 1.82) is 0 Å². The average Bonchev–Trinajstić information content (AvgIpc) is 2.30. The summed E-state index contributed by atoms with van der Waals surface area (Å²) >= 11 is 0. The van der Waals surface area contributed by atoms with E-state index in [9.17, 15) is 4.79 Å². The molecule has 0 radical (unpaired) electrons. The number of hydrogen-bond acceptors (Lipinski definition) is 2. The third kappa shape index (κ3) is 1.60. The Labute approximate surface area is 72.0 Å². The molecule has 1 rings (SSSR count). The SMILES string of the molecule is CC(C)c1cn(C(C)C)oc1=O. The molecule has 1 aromatic rings. The summed E-state index contributed by atoms with van der Waals surface area (Å²) in [4.78, 5) is 11.2. The Morgan fingerprint density at radius 2 is 1.92 bits per heavy atom. The summed E-state index contributed by atoms with van der Waals surface area (Å²) in [6.07, 6.45) is 1.79. The summed E-state index contributed by atoms with van der Waals surface area (Å²) in [7, 11) is 0. The van der Waals surface area contributed by atoms with E-state index in [4.69, 9.17) is 4.52 Å². The Kier molecular flexibility index (Phi) is 2.40. The lowest BCUT2D eigenvalue weighted by Crippen LogP contribution is -2.02. The molecule has 0 spiro atoms. The summed E-state index contributed by atoms with van der Waals surface area (Å²) in [6, 6.07) is 0.213. The second kappa shape index (κ2) is 3.17. The lowest BCUT2D eigenvalue weighted by molar-refractivity contribution is 0.223. The molecule has 0 aliphatic heterocycles. The molecule has 0 aliphatic rings. The maximum Gasteiger partial charge on any atom is 0.360 e. The van der Waals surface area contributed by atoms with Gasteiger partial charge in [0.1, 0.15) is 0 Å². The molecule has 0 aliphatic carbocycles. The van der Waals surface area contributed by atoms with Gasteiger partial charge in [0, 0.05) is 6.20 Å². The molecule has 0 N–H and O–H groups in total.